The van der Waals surface area contributed by atoms with Gasteiger partial charge in [0.2, 0.25) is 5.91 Å². The predicted octanol–water partition coefficient (Wildman–Crippen LogP) is 1.48. The Balaban J connectivity index is 1.56. The maximum absolute atomic E-state index is 12.4. The number of aryl methyl sites for hydroxylation is 2. The number of piperidine rings is 1. The average molecular weight is 302 g/mol. The molecule has 1 fully saturated rings. The number of nitrogens with zero attached hydrogens (tertiary/aromatic N) is 4. The highest BCUT2D eigenvalue weighted by atomic mass is 16.2. The summed E-state index contributed by atoms with van der Waals surface area (Å²) in [5.74, 6) is 1.36. The maximum atomic E-state index is 12.4. The Bertz CT molecular complexity index is 633. The molecule has 2 aromatic heterocycles. The van der Waals surface area contributed by atoms with Crippen molar-refractivity contribution in [2.75, 3.05) is 13.1 Å². The molecule has 3 heterocycles. The SMILES string of the molecule is Cc1[nH]nc(CCC(=O)N2CCC[C@@H](c3ncn[nH]3)C2)c1C. The molecule has 1 amide bonds. The third kappa shape index (κ3) is 3.03. The maximum Gasteiger partial charge on any atom is 0.222 e. The molecule has 0 radical (unpaired) electrons. The van der Waals surface area contributed by atoms with Gasteiger partial charge in [-0.3, -0.25) is 15.0 Å². The first-order chi connectivity index (χ1) is 10.6. The molecule has 0 aromatic carbocycles. The number of hydrogen-bond donors (Lipinski definition) is 2. The minimum absolute atomic E-state index is 0.198. The average Bonchev–Trinajstić information content (AvgIpc) is 3.17. The smallest absolute Gasteiger partial charge is 0.222 e. The van der Waals surface area contributed by atoms with Crippen LogP contribution in [0.2, 0.25) is 0 Å². The summed E-state index contributed by atoms with van der Waals surface area (Å²) < 4.78 is 0. The lowest BCUT2D eigenvalue weighted by Gasteiger charge is -2.31. The number of hydrogen-bond acceptors (Lipinski definition) is 4. The highest BCUT2D eigenvalue weighted by Gasteiger charge is 2.26. The summed E-state index contributed by atoms with van der Waals surface area (Å²) in [7, 11) is 0. The van der Waals surface area contributed by atoms with Gasteiger partial charge in [-0.1, -0.05) is 0 Å². The van der Waals surface area contributed by atoms with Gasteiger partial charge in [0.25, 0.3) is 0 Å². The number of carbonyl (C=O) groups excluding carboxylic acids is 1. The molecule has 2 N–H and O–H groups in total. The zero-order valence-corrected chi connectivity index (χ0v) is 13.1. The zero-order valence-electron chi connectivity index (χ0n) is 13.1. The van der Waals surface area contributed by atoms with Gasteiger partial charge in [0.1, 0.15) is 12.2 Å². The van der Waals surface area contributed by atoms with E-state index in [0.717, 1.165) is 48.7 Å². The van der Waals surface area contributed by atoms with Crippen LogP contribution < -0.4 is 0 Å². The fourth-order valence-corrected chi connectivity index (χ4v) is 3.00. The number of H-pyrrole nitrogens is 2. The van der Waals surface area contributed by atoms with Crippen LogP contribution in [0.5, 0.6) is 0 Å². The summed E-state index contributed by atoms with van der Waals surface area (Å²) in [6, 6.07) is 0. The number of nitrogens with one attached hydrogen (secondary N) is 2. The molecule has 0 bridgehead atoms. The second-order valence-corrected chi connectivity index (χ2v) is 5.97. The van der Waals surface area contributed by atoms with Crippen molar-refractivity contribution in [2.24, 2.45) is 0 Å². The molecule has 22 heavy (non-hydrogen) atoms. The Morgan fingerprint density at radius 2 is 2.27 bits per heavy atom. The second kappa shape index (κ2) is 6.29. The highest BCUT2D eigenvalue weighted by Crippen LogP contribution is 2.24. The number of aromatic nitrogens is 5. The van der Waals surface area contributed by atoms with Gasteiger partial charge < -0.3 is 4.90 Å². The Morgan fingerprint density at radius 1 is 1.41 bits per heavy atom. The van der Waals surface area contributed by atoms with E-state index in [1.165, 1.54) is 6.33 Å². The Kier molecular flexibility index (Phi) is 4.22. The number of carbonyl (C=O) groups is 1. The summed E-state index contributed by atoms with van der Waals surface area (Å²) in [5.41, 5.74) is 3.23. The molecule has 0 aliphatic carbocycles. The van der Waals surface area contributed by atoms with Crippen LogP contribution in [0.15, 0.2) is 6.33 Å². The van der Waals surface area contributed by atoms with Crippen molar-refractivity contribution in [3.63, 3.8) is 0 Å². The van der Waals surface area contributed by atoms with Crippen LogP contribution in [0, 0.1) is 13.8 Å². The van der Waals surface area contributed by atoms with Crippen LogP contribution in [0.1, 0.15) is 48.0 Å². The van der Waals surface area contributed by atoms with Crippen LogP contribution in [0.4, 0.5) is 0 Å². The summed E-state index contributed by atoms with van der Waals surface area (Å²) in [6.45, 7) is 5.61. The Labute approximate surface area is 129 Å². The molecule has 1 aliphatic rings. The van der Waals surface area contributed by atoms with E-state index in [2.05, 4.69) is 25.4 Å². The van der Waals surface area contributed by atoms with E-state index in [1.807, 2.05) is 18.7 Å². The molecule has 7 nitrogen and oxygen atoms in total. The lowest BCUT2D eigenvalue weighted by Crippen LogP contribution is -2.39. The monoisotopic (exact) mass is 302 g/mol. The molecular formula is C15H22N6O. The summed E-state index contributed by atoms with van der Waals surface area (Å²) in [5, 5.41) is 14.1. The van der Waals surface area contributed by atoms with Crippen LogP contribution in [0.3, 0.4) is 0 Å². The molecule has 0 saturated carbocycles. The molecule has 0 spiro atoms. The Hall–Kier alpha value is -2.18. The molecular weight excluding hydrogens is 280 g/mol. The van der Waals surface area contributed by atoms with Crippen molar-refractivity contribution < 1.29 is 4.79 Å². The molecule has 118 valence electrons. The van der Waals surface area contributed by atoms with E-state index in [4.69, 9.17) is 0 Å². The van der Waals surface area contributed by atoms with Crippen LogP contribution in [-0.4, -0.2) is 49.3 Å². The number of amides is 1. The Morgan fingerprint density at radius 3 is 2.95 bits per heavy atom. The molecule has 1 aliphatic heterocycles. The van der Waals surface area contributed by atoms with Crippen molar-refractivity contribution in [3.8, 4) is 0 Å². The molecule has 0 unspecified atom stereocenters. The second-order valence-electron chi connectivity index (χ2n) is 5.97. The predicted molar refractivity (Wildman–Crippen MR) is 81.3 cm³/mol. The van der Waals surface area contributed by atoms with Crippen LogP contribution in [-0.2, 0) is 11.2 Å². The zero-order chi connectivity index (χ0) is 15.5. The fraction of sp³-hybridized carbons (Fsp3) is 0.600. The largest absolute Gasteiger partial charge is 0.342 e. The number of likely N-dealkylation sites (tertiary alicyclic amines) is 1. The van der Waals surface area contributed by atoms with E-state index in [9.17, 15) is 4.79 Å². The quantitative estimate of drug-likeness (QED) is 0.895. The van der Waals surface area contributed by atoms with Crippen molar-refractivity contribution >= 4 is 5.91 Å². The third-order valence-corrected chi connectivity index (χ3v) is 4.52. The van der Waals surface area contributed by atoms with Crippen LogP contribution >= 0.6 is 0 Å². The highest BCUT2D eigenvalue weighted by molar-refractivity contribution is 5.76. The standard InChI is InChI=1S/C15H22N6O/c1-10-11(2)18-19-13(10)5-6-14(22)21-7-3-4-12(8-21)15-16-9-17-20-15/h9,12H,3-8H2,1-2H3,(H,18,19)(H,16,17,20)/t12-/m1/s1. The van der Waals surface area contributed by atoms with E-state index in [-0.39, 0.29) is 11.8 Å². The van der Waals surface area contributed by atoms with Crippen molar-refractivity contribution in [1.82, 2.24) is 30.3 Å². The number of rotatable bonds is 4. The van der Waals surface area contributed by atoms with E-state index in [1.54, 1.807) is 0 Å². The minimum Gasteiger partial charge on any atom is -0.342 e. The number of aromatic amines is 2. The third-order valence-electron chi connectivity index (χ3n) is 4.52. The van der Waals surface area contributed by atoms with Gasteiger partial charge in [-0.2, -0.15) is 10.2 Å². The molecule has 1 saturated heterocycles. The summed E-state index contributed by atoms with van der Waals surface area (Å²) in [4.78, 5) is 18.6. The van der Waals surface area contributed by atoms with Crippen molar-refractivity contribution in [3.05, 3.63) is 29.1 Å². The van der Waals surface area contributed by atoms with Gasteiger partial charge in [-0.25, -0.2) is 4.98 Å². The lowest BCUT2D eigenvalue weighted by atomic mass is 9.97. The molecule has 1 atom stereocenters. The lowest BCUT2D eigenvalue weighted by molar-refractivity contribution is -0.132. The normalized spacial score (nSPS) is 18.6. The van der Waals surface area contributed by atoms with Gasteiger partial charge in [-0.05, 0) is 32.3 Å². The van der Waals surface area contributed by atoms with Crippen molar-refractivity contribution in [2.45, 2.75) is 45.4 Å². The van der Waals surface area contributed by atoms with Crippen molar-refractivity contribution in [1.29, 1.82) is 0 Å². The van der Waals surface area contributed by atoms with Gasteiger partial charge in [0.05, 0.1) is 5.69 Å². The van der Waals surface area contributed by atoms with Gasteiger partial charge in [-0.15, -0.1) is 0 Å². The van der Waals surface area contributed by atoms with Crippen LogP contribution in [0.25, 0.3) is 0 Å². The van der Waals surface area contributed by atoms with Gasteiger partial charge >= 0.3 is 0 Å². The van der Waals surface area contributed by atoms with E-state index < -0.39 is 0 Å². The van der Waals surface area contributed by atoms with Gasteiger partial charge in [0, 0.05) is 37.5 Å². The first-order valence-corrected chi connectivity index (χ1v) is 7.78. The molecule has 3 rings (SSSR count). The summed E-state index contributed by atoms with van der Waals surface area (Å²) in [6.07, 6.45) is 4.79. The molecule has 2 aromatic rings. The summed E-state index contributed by atoms with van der Waals surface area (Å²) >= 11 is 0. The first kappa shape index (κ1) is 14.7. The first-order valence-electron chi connectivity index (χ1n) is 7.78. The van der Waals surface area contributed by atoms with E-state index >= 15 is 0 Å². The van der Waals surface area contributed by atoms with E-state index in [0.29, 0.717) is 12.8 Å². The van der Waals surface area contributed by atoms with Gasteiger partial charge in [0.15, 0.2) is 0 Å². The molecule has 7 heteroatoms. The topological polar surface area (TPSA) is 90.6 Å². The fourth-order valence-electron chi connectivity index (χ4n) is 3.00. The minimum atomic E-state index is 0.198.